The number of aromatic nitrogens is 2. The molecule has 4 aromatic rings. The second-order valence-corrected chi connectivity index (χ2v) is 10.5. The summed E-state index contributed by atoms with van der Waals surface area (Å²) >= 11 is 1.70. The summed E-state index contributed by atoms with van der Waals surface area (Å²) in [5.41, 5.74) is 3.85. The van der Waals surface area contributed by atoms with Gasteiger partial charge in [0, 0.05) is 45.5 Å². The van der Waals surface area contributed by atoms with Crippen LogP contribution in [0, 0.1) is 0 Å². The maximum atomic E-state index is 13.0. The van der Waals surface area contributed by atoms with E-state index in [-0.39, 0.29) is 11.6 Å². The number of carbonyl (C=O) groups is 1. The van der Waals surface area contributed by atoms with E-state index in [2.05, 4.69) is 16.2 Å². The molecule has 3 heterocycles. The van der Waals surface area contributed by atoms with Crippen molar-refractivity contribution in [3.05, 3.63) is 80.7 Å². The largest absolute Gasteiger partial charge is 0.494 e. The Hall–Kier alpha value is -3.98. The SMILES string of the molecule is COc1c(-c2cc3c(s2)CCC/C3=N\OCc2ccncc2)ccc2c(=O)c(C(=O)O)cn(C3CC3)c12. The summed E-state index contributed by atoms with van der Waals surface area (Å²) in [5, 5.41) is 14.4. The molecular weight excluding hydrogens is 490 g/mol. The number of hydrogen-bond acceptors (Lipinski definition) is 7. The Morgan fingerprint density at radius 2 is 2.00 bits per heavy atom. The highest BCUT2D eigenvalue weighted by molar-refractivity contribution is 7.16. The van der Waals surface area contributed by atoms with Gasteiger partial charge in [0.15, 0.2) is 5.75 Å². The lowest BCUT2D eigenvalue weighted by molar-refractivity contribution is 0.0695. The first-order valence-electron chi connectivity index (χ1n) is 12.3. The number of benzene rings is 1. The van der Waals surface area contributed by atoms with Crippen molar-refractivity contribution in [2.45, 2.75) is 44.8 Å². The van der Waals surface area contributed by atoms with E-state index in [9.17, 15) is 14.7 Å². The zero-order valence-corrected chi connectivity index (χ0v) is 21.1. The van der Waals surface area contributed by atoms with Crippen molar-refractivity contribution < 1.29 is 19.5 Å². The molecule has 1 saturated carbocycles. The summed E-state index contributed by atoms with van der Waals surface area (Å²) in [6.45, 7) is 0.383. The molecule has 9 heteroatoms. The van der Waals surface area contributed by atoms with Crippen LogP contribution in [0.15, 0.2) is 58.9 Å². The zero-order chi connectivity index (χ0) is 25.5. The highest BCUT2D eigenvalue weighted by Gasteiger charge is 2.30. The molecule has 0 spiro atoms. The van der Waals surface area contributed by atoms with Gasteiger partial charge in [-0.2, -0.15) is 0 Å². The Bertz CT molecular complexity index is 1600. The lowest BCUT2D eigenvalue weighted by Crippen LogP contribution is -2.19. The predicted octanol–water partition coefficient (Wildman–Crippen LogP) is 5.42. The molecule has 37 heavy (non-hydrogen) atoms. The van der Waals surface area contributed by atoms with Crippen LogP contribution in [0.4, 0.5) is 0 Å². The number of aryl methyl sites for hydroxylation is 1. The minimum Gasteiger partial charge on any atom is -0.494 e. The molecule has 188 valence electrons. The maximum Gasteiger partial charge on any atom is 0.341 e. The fourth-order valence-corrected chi connectivity index (χ4v) is 6.16. The van der Waals surface area contributed by atoms with E-state index in [1.165, 1.54) is 11.1 Å². The van der Waals surface area contributed by atoms with Crippen molar-refractivity contribution in [2.75, 3.05) is 7.11 Å². The lowest BCUT2D eigenvalue weighted by Gasteiger charge is -2.17. The van der Waals surface area contributed by atoms with Crippen molar-refractivity contribution in [1.29, 1.82) is 0 Å². The smallest absolute Gasteiger partial charge is 0.341 e. The van der Waals surface area contributed by atoms with Gasteiger partial charge in [0.05, 0.1) is 23.7 Å². The number of carboxylic acid groups (broad SMARTS) is 1. The predicted molar refractivity (Wildman–Crippen MR) is 142 cm³/mol. The third kappa shape index (κ3) is 4.29. The Morgan fingerprint density at radius 3 is 2.73 bits per heavy atom. The number of oxime groups is 1. The third-order valence-electron chi connectivity index (χ3n) is 6.88. The monoisotopic (exact) mass is 515 g/mol. The molecule has 0 aliphatic heterocycles. The van der Waals surface area contributed by atoms with Crippen molar-refractivity contribution in [1.82, 2.24) is 9.55 Å². The van der Waals surface area contributed by atoms with Crippen LogP contribution in [0.5, 0.6) is 5.75 Å². The quantitative estimate of drug-likeness (QED) is 0.330. The van der Waals surface area contributed by atoms with Gasteiger partial charge in [-0.3, -0.25) is 9.78 Å². The van der Waals surface area contributed by atoms with Crippen molar-refractivity contribution in [3.8, 4) is 16.2 Å². The first kappa shape index (κ1) is 23.4. The van der Waals surface area contributed by atoms with E-state index in [1.54, 1.807) is 36.9 Å². The Kier molecular flexibility index (Phi) is 6.00. The molecule has 2 aliphatic rings. The number of thiophene rings is 1. The number of carboxylic acids is 1. The van der Waals surface area contributed by atoms with E-state index in [4.69, 9.17) is 9.57 Å². The van der Waals surface area contributed by atoms with E-state index >= 15 is 0 Å². The molecule has 0 amide bonds. The van der Waals surface area contributed by atoms with Gasteiger partial charge in [0.25, 0.3) is 0 Å². The van der Waals surface area contributed by atoms with E-state index in [0.29, 0.717) is 23.3 Å². The topological polar surface area (TPSA) is 103 Å². The molecule has 0 radical (unpaired) electrons. The molecule has 0 bridgehead atoms. The number of pyridine rings is 2. The summed E-state index contributed by atoms with van der Waals surface area (Å²) < 4.78 is 7.81. The number of aromatic carboxylic acids is 1. The van der Waals surface area contributed by atoms with Crippen LogP contribution in [0.2, 0.25) is 0 Å². The van der Waals surface area contributed by atoms with Gasteiger partial charge in [0.1, 0.15) is 12.2 Å². The fourth-order valence-electron chi connectivity index (χ4n) is 4.91. The van der Waals surface area contributed by atoms with Crippen LogP contribution in [0.25, 0.3) is 21.3 Å². The number of nitrogens with zero attached hydrogens (tertiary/aromatic N) is 3. The molecule has 0 atom stereocenters. The minimum absolute atomic E-state index is 0.165. The van der Waals surface area contributed by atoms with Gasteiger partial charge in [-0.25, -0.2) is 4.79 Å². The van der Waals surface area contributed by atoms with Crippen LogP contribution >= 0.6 is 11.3 Å². The van der Waals surface area contributed by atoms with E-state index in [0.717, 1.165) is 59.4 Å². The number of fused-ring (bicyclic) bond motifs is 2. The van der Waals surface area contributed by atoms with Crippen LogP contribution < -0.4 is 10.2 Å². The number of hydrogen-bond donors (Lipinski definition) is 1. The van der Waals surface area contributed by atoms with Gasteiger partial charge in [0.2, 0.25) is 5.43 Å². The first-order chi connectivity index (χ1) is 18.0. The van der Waals surface area contributed by atoms with Crippen LogP contribution in [0.3, 0.4) is 0 Å². The normalized spacial score (nSPS) is 16.1. The third-order valence-corrected chi connectivity index (χ3v) is 8.11. The number of methoxy groups -OCH3 is 1. The van der Waals surface area contributed by atoms with Gasteiger partial charge >= 0.3 is 5.97 Å². The van der Waals surface area contributed by atoms with E-state index in [1.807, 2.05) is 22.8 Å². The summed E-state index contributed by atoms with van der Waals surface area (Å²) in [5.74, 6) is -0.627. The standard InChI is InChI=1S/C28H25N3O5S/c1-35-27-18(7-8-19-25(27)31(17-5-6-17)14-21(26(19)32)28(33)34)24-13-20-22(3-2-4-23(20)37-24)30-36-15-16-9-11-29-12-10-16/h7-14,17H,2-6,15H2,1H3,(H,33,34)/b30-22+. The molecule has 3 aromatic heterocycles. The highest BCUT2D eigenvalue weighted by Crippen LogP contribution is 2.45. The van der Waals surface area contributed by atoms with Crippen LogP contribution in [-0.4, -0.2) is 33.4 Å². The van der Waals surface area contributed by atoms with Crippen LogP contribution in [0.1, 0.15) is 58.1 Å². The van der Waals surface area contributed by atoms with Crippen LogP contribution in [-0.2, 0) is 17.9 Å². The summed E-state index contributed by atoms with van der Waals surface area (Å²) in [4.78, 5) is 36.7. The average Bonchev–Trinajstić information content (AvgIpc) is 3.66. The molecule has 1 fully saturated rings. The Labute approximate surface area is 216 Å². The maximum absolute atomic E-state index is 13.0. The molecule has 0 saturated heterocycles. The second kappa shape index (κ2) is 9.48. The van der Waals surface area contributed by atoms with E-state index < -0.39 is 11.4 Å². The molecule has 8 nitrogen and oxygen atoms in total. The van der Waals surface area contributed by atoms with Gasteiger partial charge < -0.3 is 19.2 Å². The van der Waals surface area contributed by atoms with Crippen molar-refractivity contribution in [2.24, 2.45) is 5.16 Å². The fraction of sp³-hybridized carbons (Fsp3) is 0.286. The summed E-state index contributed by atoms with van der Waals surface area (Å²) in [7, 11) is 1.60. The summed E-state index contributed by atoms with van der Waals surface area (Å²) in [6.07, 6.45) is 9.63. The van der Waals surface area contributed by atoms with Crippen molar-refractivity contribution in [3.63, 3.8) is 0 Å². The van der Waals surface area contributed by atoms with Gasteiger partial charge in [-0.1, -0.05) is 5.16 Å². The lowest BCUT2D eigenvalue weighted by atomic mass is 9.96. The second-order valence-electron chi connectivity index (χ2n) is 9.33. The molecule has 1 N–H and O–H groups in total. The average molecular weight is 516 g/mol. The molecular formula is C28H25N3O5S. The highest BCUT2D eigenvalue weighted by atomic mass is 32.1. The Balaban J connectivity index is 1.42. The first-order valence-corrected chi connectivity index (χ1v) is 13.1. The molecule has 1 aromatic carbocycles. The molecule has 2 aliphatic carbocycles. The number of rotatable bonds is 7. The van der Waals surface area contributed by atoms with Gasteiger partial charge in [-0.05, 0) is 68.0 Å². The minimum atomic E-state index is -1.21. The van der Waals surface area contributed by atoms with Gasteiger partial charge in [-0.15, -0.1) is 11.3 Å². The Morgan fingerprint density at radius 1 is 1.19 bits per heavy atom. The molecule has 6 rings (SSSR count). The summed E-state index contributed by atoms with van der Waals surface area (Å²) in [6, 6.07) is 9.69. The number of ether oxygens (including phenoxy) is 1. The van der Waals surface area contributed by atoms with Crippen molar-refractivity contribution >= 4 is 33.9 Å². The zero-order valence-electron chi connectivity index (χ0n) is 20.3. The molecule has 0 unspecified atom stereocenters.